The summed E-state index contributed by atoms with van der Waals surface area (Å²) in [5.41, 5.74) is 2.23. The molecule has 0 aliphatic rings. The Morgan fingerprint density at radius 2 is 1.50 bits per heavy atom. The van der Waals surface area contributed by atoms with Crippen molar-refractivity contribution in [1.82, 2.24) is 10.6 Å². The monoisotopic (exact) mass is 520 g/mol. The van der Waals surface area contributed by atoms with Crippen molar-refractivity contribution in [3.63, 3.8) is 0 Å². The molecule has 2 amide bonds. The molecule has 6 nitrogen and oxygen atoms in total. The third-order valence-corrected chi connectivity index (χ3v) is 5.32. The number of ether oxygens (including phenoxy) is 1. The summed E-state index contributed by atoms with van der Waals surface area (Å²) in [6.07, 6.45) is 2.20. The van der Waals surface area contributed by atoms with E-state index in [9.17, 15) is 14.4 Å². The van der Waals surface area contributed by atoms with E-state index in [1.54, 1.807) is 30.3 Å². The number of amides is 2. The summed E-state index contributed by atoms with van der Waals surface area (Å²) in [5.74, 6) is -1.16. The lowest BCUT2D eigenvalue weighted by Crippen LogP contribution is -2.35. The maximum atomic E-state index is 12.8. The Balaban J connectivity index is 1.54. The zero-order valence-corrected chi connectivity index (χ0v) is 20.1. The van der Waals surface area contributed by atoms with Gasteiger partial charge in [0, 0.05) is 23.0 Å². The molecule has 0 heterocycles. The van der Waals surface area contributed by atoms with Gasteiger partial charge in [-0.05, 0) is 47.9 Å². The van der Waals surface area contributed by atoms with Gasteiger partial charge in [-0.15, -0.1) is 0 Å². The molecule has 0 aliphatic carbocycles. The molecule has 0 fully saturated rings. The third-order valence-electron chi connectivity index (χ3n) is 4.80. The standard InChI is InChI=1S/C27H25BrN2O4/c28-23-15-13-20(14-16-23)18-24(30-26(32)22-10-5-2-6-11-22)27(33)29-17-7-12-25(31)34-19-21-8-3-1-4-9-21/h1-6,8-11,13-16,18H,7,12,17,19H2,(H,29,33)(H,30,32)/b24-18+. The highest BCUT2D eigenvalue weighted by Crippen LogP contribution is 2.13. The Morgan fingerprint density at radius 3 is 2.18 bits per heavy atom. The van der Waals surface area contributed by atoms with Gasteiger partial charge in [-0.2, -0.15) is 0 Å². The molecule has 3 aromatic rings. The first kappa shape index (κ1) is 24.9. The quantitative estimate of drug-likeness (QED) is 0.227. The fourth-order valence-corrected chi connectivity index (χ4v) is 3.27. The molecule has 174 valence electrons. The minimum atomic E-state index is -0.440. The first-order chi connectivity index (χ1) is 16.5. The average molecular weight is 521 g/mol. The minimum absolute atomic E-state index is 0.114. The van der Waals surface area contributed by atoms with Crippen LogP contribution in [0.1, 0.15) is 34.3 Å². The van der Waals surface area contributed by atoms with Gasteiger partial charge >= 0.3 is 5.97 Å². The first-order valence-corrected chi connectivity index (χ1v) is 11.6. The molecule has 0 aliphatic heterocycles. The molecule has 0 bridgehead atoms. The van der Waals surface area contributed by atoms with E-state index in [-0.39, 0.29) is 37.1 Å². The van der Waals surface area contributed by atoms with E-state index in [0.717, 1.165) is 15.6 Å². The molecule has 3 rings (SSSR count). The molecular weight excluding hydrogens is 496 g/mol. The van der Waals surface area contributed by atoms with Crippen molar-refractivity contribution in [2.24, 2.45) is 0 Å². The number of hydrogen-bond donors (Lipinski definition) is 2. The van der Waals surface area contributed by atoms with Gasteiger partial charge in [-0.25, -0.2) is 0 Å². The van der Waals surface area contributed by atoms with E-state index in [1.807, 2.05) is 60.7 Å². The smallest absolute Gasteiger partial charge is 0.306 e. The van der Waals surface area contributed by atoms with Gasteiger partial charge in [0.1, 0.15) is 12.3 Å². The van der Waals surface area contributed by atoms with Crippen molar-refractivity contribution >= 4 is 39.8 Å². The second-order valence-electron chi connectivity index (χ2n) is 7.44. The summed E-state index contributed by atoms with van der Waals surface area (Å²) in [5, 5.41) is 5.45. The van der Waals surface area contributed by atoms with Crippen molar-refractivity contribution in [1.29, 1.82) is 0 Å². The molecule has 0 saturated carbocycles. The van der Waals surface area contributed by atoms with E-state index in [2.05, 4.69) is 26.6 Å². The van der Waals surface area contributed by atoms with Crippen molar-refractivity contribution in [3.8, 4) is 0 Å². The largest absolute Gasteiger partial charge is 0.461 e. The molecule has 7 heteroatoms. The van der Waals surface area contributed by atoms with Crippen LogP contribution in [0.2, 0.25) is 0 Å². The molecule has 3 aromatic carbocycles. The molecule has 0 saturated heterocycles. The number of halogens is 1. The second kappa shape index (κ2) is 13.1. The Morgan fingerprint density at radius 1 is 0.853 bits per heavy atom. The lowest BCUT2D eigenvalue weighted by atomic mass is 10.1. The maximum absolute atomic E-state index is 12.8. The van der Waals surface area contributed by atoms with Gasteiger partial charge in [0.25, 0.3) is 11.8 Å². The number of rotatable bonds is 10. The lowest BCUT2D eigenvalue weighted by Gasteiger charge is -2.11. The third kappa shape index (κ3) is 8.33. The number of carbonyl (C=O) groups excluding carboxylic acids is 3. The highest BCUT2D eigenvalue weighted by Gasteiger charge is 2.14. The molecular formula is C27H25BrN2O4. The van der Waals surface area contributed by atoms with Gasteiger partial charge < -0.3 is 15.4 Å². The van der Waals surface area contributed by atoms with E-state index in [1.165, 1.54) is 0 Å². The molecule has 0 atom stereocenters. The average Bonchev–Trinajstić information content (AvgIpc) is 2.87. The van der Waals surface area contributed by atoms with E-state index < -0.39 is 5.91 Å². The fraction of sp³-hybridized carbons (Fsp3) is 0.148. The van der Waals surface area contributed by atoms with Gasteiger partial charge in [-0.1, -0.05) is 76.6 Å². The number of carbonyl (C=O) groups is 3. The number of nitrogens with one attached hydrogen (secondary N) is 2. The topological polar surface area (TPSA) is 84.5 Å². The van der Waals surface area contributed by atoms with Crippen LogP contribution < -0.4 is 10.6 Å². The van der Waals surface area contributed by atoms with Gasteiger partial charge in [-0.3, -0.25) is 14.4 Å². The lowest BCUT2D eigenvalue weighted by molar-refractivity contribution is -0.145. The van der Waals surface area contributed by atoms with E-state index in [0.29, 0.717) is 12.0 Å². The number of hydrogen-bond acceptors (Lipinski definition) is 4. The van der Waals surface area contributed by atoms with Crippen LogP contribution in [-0.2, 0) is 20.9 Å². The summed E-state index contributed by atoms with van der Waals surface area (Å²) in [6, 6.07) is 25.5. The zero-order chi connectivity index (χ0) is 24.2. The second-order valence-corrected chi connectivity index (χ2v) is 8.35. The van der Waals surface area contributed by atoms with Gasteiger partial charge in [0.05, 0.1) is 0 Å². The zero-order valence-electron chi connectivity index (χ0n) is 18.5. The van der Waals surface area contributed by atoms with Crippen molar-refractivity contribution in [2.75, 3.05) is 6.54 Å². The first-order valence-electron chi connectivity index (χ1n) is 10.8. The van der Waals surface area contributed by atoms with Crippen LogP contribution in [0, 0.1) is 0 Å². The van der Waals surface area contributed by atoms with Crippen molar-refractivity contribution < 1.29 is 19.1 Å². The van der Waals surface area contributed by atoms with Gasteiger partial charge in [0.2, 0.25) is 0 Å². The van der Waals surface area contributed by atoms with Gasteiger partial charge in [0.15, 0.2) is 0 Å². The Bertz CT molecular complexity index is 1130. The molecule has 2 N–H and O–H groups in total. The van der Waals surface area contributed by atoms with E-state index in [4.69, 9.17) is 4.74 Å². The molecule has 0 unspecified atom stereocenters. The Kier molecular flexibility index (Phi) is 9.61. The maximum Gasteiger partial charge on any atom is 0.306 e. The highest BCUT2D eigenvalue weighted by atomic mass is 79.9. The SMILES string of the molecule is O=C(CCCNC(=O)/C(=C\c1ccc(Br)cc1)NC(=O)c1ccccc1)OCc1ccccc1. The number of benzene rings is 3. The van der Waals surface area contributed by atoms with Crippen LogP contribution >= 0.6 is 15.9 Å². The van der Waals surface area contributed by atoms with Crippen LogP contribution in [0.25, 0.3) is 6.08 Å². The van der Waals surface area contributed by atoms with Crippen molar-refractivity contribution in [3.05, 3.63) is 112 Å². The molecule has 0 radical (unpaired) electrons. The van der Waals surface area contributed by atoms with Crippen molar-refractivity contribution in [2.45, 2.75) is 19.4 Å². The summed E-state index contributed by atoms with van der Waals surface area (Å²) >= 11 is 3.38. The summed E-state index contributed by atoms with van der Waals surface area (Å²) < 4.78 is 6.15. The highest BCUT2D eigenvalue weighted by molar-refractivity contribution is 9.10. The predicted octanol–water partition coefficient (Wildman–Crippen LogP) is 4.86. The van der Waals surface area contributed by atoms with Crippen LogP contribution in [0.5, 0.6) is 0 Å². The summed E-state index contributed by atoms with van der Waals surface area (Å²) in [6.45, 7) is 0.482. The fourth-order valence-electron chi connectivity index (χ4n) is 3.01. The Hall–Kier alpha value is -3.71. The van der Waals surface area contributed by atoms with Crippen LogP contribution in [-0.4, -0.2) is 24.3 Å². The summed E-state index contributed by atoms with van der Waals surface area (Å²) in [7, 11) is 0. The van der Waals surface area contributed by atoms with Crippen LogP contribution in [0.3, 0.4) is 0 Å². The van der Waals surface area contributed by atoms with E-state index >= 15 is 0 Å². The van der Waals surface area contributed by atoms with Crippen LogP contribution in [0.4, 0.5) is 0 Å². The normalized spacial score (nSPS) is 10.9. The molecule has 0 spiro atoms. The molecule has 34 heavy (non-hydrogen) atoms. The Labute approximate surface area is 207 Å². The minimum Gasteiger partial charge on any atom is -0.461 e. The van der Waals surface area contributed by atoms with Crippen LogP contribution in [0.15, 0.2) is 95.1 Å². The predicted molar refractivity (Wildman–Crippen MR) is 135 cm³/mol. The summed E-state index contributed by atoms with van der Waals surface area (Å²) in [4.78, 5) is 37.4. The molecule has 0 aromatic heterocycles. The number of esters is 1.